The molecular formula is C19H20BrN3O3. The fraction of sp³-hybridized carbons (Fsp3) is 0.211. The van der Waals surface area contributed by atoms with E-state index in [4.69, 9.17) is 0 Å². The van der Waals surface area contributed by atoms with E-state index in [-0.39, 0.29) is 30.8 Å². The largest absolute Gasteiger partial charge is 0.343 e. The van der Waals surface area contributed by atoms with Crippen LogP contribution in [0.15, 0.2) is 53.0 Å². The second-order valence-electron chi connectivity index (χ2n) is 5.83. The number of para-hydroxylation sites is 1. The molecule has 0 spiro atoms. The summed E-state index contributed by atoms with van der Waals surface area (Å²) in [5.74, 6) is -1.00. The Hall–Kier alpha value is -2.67. The van der Waals surface area contributed by atoms with E-state index in [0.29, 0.717) is 11.3 Å². The Kier molecular flexibility index (Phi) is 6.91. The molecule has 2 aromatic rings. The van der Waals surface area contributed by atoms with Gasteiger partial charge >= 0.3 is 0 Å². The molecule has 2 rings (SSSR count). The van der Waals surface area contributed by atoms with Crippen LogP contribution < -0.4 is 10.6 Å². The third-order valence-corrected chi connectivity index (χ3v) is 4.33. The van der Waals surface area contributed by atoms with Crippen molar-refractivity contribution < 1.29 is 14.4 Å². The predicted octanol–water partition coefficient (Wildman–Crippen LogP) is 2.58. The molecule has 6 nitrogen and oxygen atoms in total. The maximum Gasteiger partial charge on any atom is 0.251 e. The molecule has 0 heterocycles. The summed E-state index contributed by atoms with van der Waals surface area (Å²) in [7, 11) is 1.51. The number of likely N-dealkylation sites (N-methyl/N-ethyl adjacent to an activating group) is 1. The Labute approximate surface area is 160 Å². The van der Waals surface area contributed by atoms with E-state index in [1.807, 2.05) is 25.1 Å². The minimum Gasteiger partial charge on any atom is -0.343 e. The van der Waals surface area contributed by atoms with Gasteiger partial charge in [0.25, 0.3) is 5.91 Å². The molecule has 0 bridgehead atoms. The first-order valence-electron chi connectivity index (χ1n) is 8.00. The van der Waals surface area contributed by atoms with Gasteiger partial charge in [-0.3, -0.25) is 14.4 Å². The highest BCUT2D eigenvalue weighted by atomic mass is 79.9. The lowest BCUT2D eigenvalue weighted by molar-refractivity contribution is -0.132. The van der Waals surface area contributed by atoms with Crippen LogP contribution in [0.5, 0.6) is 0 Å². The van der Waals surface area contributed by atoms with Gasteiger partial charge in [0.15, 0.2) is 0 Å². The summed E-state index contributed by atoms with van der Waals surface area (Å²) in [6.07, 6.45) is 0. The predicted molar refractivity (Wildman–Crippen MR) is 104 cm³/mol. The van der Waals surface area contributed by atoms with Gasteiger partial charge in [-0.15, -0.1) is 0 Å². The van der Waals surface area contributed by atoms with Crippen molar-refractivity contribution in [2.75, 3.05) is 25.5 Å². The van der Waals surface area contributed by atoms with Gasteiger partial charge in [0, 0.05) is 17.1 Å². The van der Waals surface area contributed by atoms with Crippen LogP contribution in [-0.4, -0.2) is 42.8 Å². The van der Waals surface area contributed by atoms with Crippen molar-refractivity contribution in [3.05, 3.63) is 64.1 Å². The van der Waals surface area contributed by atoms with E-state index in [2.05, 4.69) is 26.6 Å². The molecule has 0 aliphatic rings. The Bertz CT molecular complexity index is 823. The zero-order valence-corrected chi connectivity index (χ0v) is 16.2. The monoisotopic (exact) mass is 417 g/mol. The van der Waals surface area contributed by atoms with E-state index in [0.717, 1.165) is 10.0 Å². The number of amides is 3. The molecule has 26 heavy (non-hydrogen) atoms. The summed E-state index contributed by atoms with van der Waals surface area (Å²) in [6, 6.07) is 14.3. The van der Waals surface area contributed by atoms with Crippen LogP contribution in [0.2, 0.25) is 0 Å². The zero-order chi connectivity index (χ0) is 19.1. The minimum absolute atomic E-state index is 0.111. The van der Waals surface area contributed by atoms with Gasteiger partial charge in [-0.2, -0.15) is 0 Å². The fourth-order valence-electron chi connectivity index (χ4n) is 2.24. The van der Waals surface area contributed by atoms with Crippen molar-refractivity contribution in [3.8, 4) is 0 Å². The van der Waals surface area contributed by atoms with Crippen LogP contribution in [0.4, 0.5) is 5.69 Å². The molecule has 0 unspecified atom stereocenters. The molecule has 0 saturated carbocycles. The molecular weight excluding hydrogens is 398 g/mol. The van der Waals surface area contributed by atoms with Gasteiger partial charge < -0.3 is 15.5 Å². The van der Waals surface area contributed by atoms with Gasteiger partial charge in [-0.05, 0) is 47.1 Å². The summed E-state index contributed by atoms with van der Waals surface area (Å²) < 4.78 is 0.757. The van der Waals surface area contributed by atoms with Crippen molar-refractivity contribution in [2.45, 2.75) is 6.92 Å². The summed E-state index contributed by atoms with van der Waals surface area (Å²) >= 11 is 3.35. The van der Waals surface area contributed by atoms with Gasteiger partial charge in [0.1, 0.15) is 0 Å². The van der Waals surface area contributed by atoms with Crippen LogP contribution in [0.25, 0.3) is 0 Å². The Balaban J connectivity index is 1.82. The summed E-state index contributed by atoms with van der Waals surface area (Å²) in [6.45, 7) is 1.60. The minimum atomic E-state index is -0.353. The van der Waals surface area contributed by atoms with Crippen molar-refractivity contribution in [2.24, 2.45) is 0 Å². The lowest BCUT2D eigenvalue weighted by Gasteiger charge is -2.17. The normalized spacial score (nSPS) is 10.1. The highest BCUT2D eigenvalue weighted by Gasteiger charge is 2.15. The van der Waals surface area contributed by atoms with Crippen LogP contribution >= 0.6 is 15.9 Å². The highest BCUT2D eigenvalue weighted by Crippen LogP contribution is 2.20. The van der Waals surface area contributed by atoms with Crippen LogP contribution in [0.3, 0.4) is 0 Å². The van der Waals surface area contributed by atoms with Crippen molar-refractivity contribution >= 4 is 39.3 Å². The van der Waals surface area contributed by atoms with Crippen LogP contribution in [0.1, 0.15) is 15.9 Å². The number of benzene rings is 2. The van der Waals surface area contributed by atoms with Gasteiger partial charge in [0.2, 0.25) is 11.8 Å². The number of anilines is 1. The average Bonchev–Trinajstić information content (AvgIpc) is 2.61. The van der Waals surface area contributed by atoms with Crippen LogP contribution in [-0.2, 0) is 9.59 Å². The molecule has 3 amide bonds. The standard InChI is InChI=1S/C19H20BrN3O3/c1-13-6-5-7-14(10-13)19(26)21-11-18(25)23(2)12-17(24)22-16-9-4-3-8-15(16)20/h3-10H,11-12H2,1-2H3,(H,21,26)(H,22,24). The average molecular weight is 418 g/mol. The topological polar surface area (TPSA) is 78.5 Å². The quantitative estimate of drug-likeness (QED) is 0.757. The number of hydrogen-bond donors (Lipinski definition) is 2. The number of hydrogen-bond acceptors (Lipinski definition) is 3. The SMILES string of the molecule is Cc1cccc(C(=O)NCC(=O)N(C)CC(=O)Nc2ccccc2Br)c1. The molecule has 0 radical (unpaired) electrons. The number of nitrogens with one attached hydrogen (secondary N) is 2. The number of nitrogens with zero attached hydrogens (tertiary/aromatic N) is 1. The first kappa shape index (κ1) is 19.7. The molecule has 0 aromatic heterocycles. The molecule has 0 atom stereocenters. The van der Waals surface area contributed by atoms with Crippen LogP contribution in [0, 0.1) is 6.92 Å². The molecule has 7 heteroatoms. The van der Waals surface area contributed by atoms with Gasteiger partial charge in [-0.25, -0.2) is 0 Å². The van der Waals surface area contributed by atoms with Crippen molar-refractivity contribution in [1.82, 2.24) is 10.2 Å². The van der Waals surface area contributed by atoms with E-state index in [1.165, 1.54) is 11.9 Å². The lowest BCUT2D eigenvalue weighted by Crippen LogP contribution is -2.41. The van der Waals surface area contributed by atoms with Crippen molar-refractivity contribution in [3.63, 3.8) is 0 Å². The summed E-state index contributed by atoms with van der Waals surface area (Å²) in [4.78, 5) is 37.5. The van der Waals surface area contributed by atoms with E-state index in [1.54, 1.807) is 30.3 Å². The lowest BCUT2D eigenvalue weighted by atomic mass is 10.1. The first-order chi connectivity index (χ1) is 12.4. The third kappa shape index (κ3) is 5.70. The molecule has 0 fully saturated rings. The number of halogens is 1. The number of rotatable bonds is 6. The first-order valence-corrected chi connectivity index (χ1v) is 8.79. The fourth-order valence-corrected chi connectivity index (χ4v) is 2.62. The maximum atomic E-state index is 12.1. The molecule has 0 aliphatic carbocycles. The smallest absolute Gasteiger partial charge is 0.251 e. The summed E-state index contributed by atoms with van der Waals surface area (Å²) in [5.41, 5.74) is 2.09. The maximum absolute atomic E-state index is 12.1. The molecule has 0 aliphatic heterocycles. The van der Waals surface area contributed by atoms with Gasteiger partial charge in [-0.1, -0.05) is 29.8 Å². The van der Waals surface area contributed by atoms with E-state index >= 15 is 0 Å². The Morgan fingerprint density at radius 3 is 2.50 bits per heavy atom. The number of aryl methyl sites for hydroxylation is 1. The Morgan fingerprint density at radius 2 is 1.81 bits per heavy atom. The molecule has 0 saturated heterocycles. The van der Waals surface area contributed by atoms with E-state index < -0.39 is 0 Å². The molecule has 2 aromatic carbocycles. The highest BCUT2D eigenvalue weighted by molar-refractivity contribution is 9.10. The number of carbonyl (C=O) groups excluding carboxylic acids is 3. The van der Waals surface area contributed by atoms with Gasteiger partial charge in [0.05, 0.1) is 18.8 Å². The molecule has 2 N–H and O–H groups in total. The second-order valence-corrected chi connectivity index (χ2v) is 6.68. The third-order valence-electron chi connectivity index (χ3n) is 3.63. The molecule has 136 valence electrons. The Morgan fingerprint density at radius 1 is 1.08 bits per heavy atom. The summed E-state index contributed by atoms with van der Waals surface area (Å²) in [5, 5.41) is 5.30. The van der Waals surface area contributed by atoms with E-state index in [9.17, 15) is 14.4 Å². The number of carbonyl (C=O) groups is 3. The zero-order valence-electron chi connectivity index (χ0n) is 14.6. The van der Waals surface area contributed by atoms with Crippen molar-refractivity contribution in [1.29, 1.82) is 0 Å². The second kappa shape index (κ2) is 9.15.